The SMILES string of the molecule is C[C@H](NC(=O)c1ccc[nH]1)c1nc2ccccc2[nH]1. The number of benzene rings is 1. The van der Waals surface area contributed by atoms with Crippen molar-refractivity contribution in [2.75, 3.05) is 0 Å². The lowest BCUT2D eigenvalue weighted by atomic mass is 10.3. The van der Waals surface area contributed by atoms with E-state index in [4.69, 9.17) is 0 Å². The van der Waals surface area contributed by atoms with E-state index in [0.717, 1.165) is 16.9 Å². The number of amides is 1. The molecule has 3 rings (SSSR count). The van der Waals surface area contributed by atoms with Crippen LogP contribution in [0.25, 0.3) is 11.0 Å². The van der Waals surface area contributed by atoms with Crippen molar-refractivity contribution < 1.29 is 4.79 Å². The quantitative estimate of drug-likeness (QED) is 0.671. The predicted molar refractivity (Wildman–Crippen MR) is 72.8 cm³/mol. The van der Waals surface area contributed by atoms with Gasteiger partial charge in [0.1, 0.15) is 11.5 Å². The molecule has 3 N–H and O–H groups in total. The molecular weight excluding hydrogens is 240 g/mol. The smallest absolute Gasteiger partial charge is 0.268 e. The highest BCUT2D eigenvalue weighted by atomic mass is 16.1. The summed E-state index contributed by atoms with van der Waals surface area (Å²) in [6, 6.07) is 11.1. The first kappa shape index (κ1) is 11.5. The number of nitrogens with one attached hydrogen (secondary N) is 3. The van der Waals surface area contributed by atoms with Gasteiger partial charge in [-0.25, -0.2) is 4.98 Å². The van der Waals surface area contributed by atoms with Crippen molar-refractivity contribution in [3.8, 4) is 0 Å². The summed E-state index contributed by atoms with van der Waals surface area (Å²) in [5, 5.41) is 2.90. The zero-order chi connectivity index (χ0) is 13.2. The minimum atomic E-state index is -0.178. The second-order valence-electron chi connectivity index (χ2n) is 4.42. The Bertz CT molecular complexity index is 666. The number of aromatic amines is 2. The van der Waals surface area contributed by atoms with Crippen LogP contribution in [-0.4, -0.2) is 20.9 Å². The number of aromatic nitrogens is 3. The number of hydrogen-bond acceptors (Lipinski definition) is 2. The van der Waals surface area contributed by atoms with E-state index in [1.54, 1.807) is 18.3 Å². The Morgan fingerprint density at radius 3 is 2.84 bits per heavy atom. The second-order valence-corrected chi connectivity index (χ2v) is 4.42. The molecule has 0 bridgehead atoms. The average molecular weight is 254 g/mol. The van der Waals surface area contributed by atoms with Crippen LogP contribution >= 0.6 is 0 Å². The summed E-state index contributed by atoms with van der Waals surface area (Å²) in [4.78, 5) is 22.5. The molecule has 1 atom stereocenters. The van der Waals surface area contributed by atoms with Crippen molar-refractivity contribution >= 4 is 16.9 Å². The lowest BCUT2D eigenvalue weighted by Gasteiger charge is -2.10. The molecular formula is C14H14N4O. The van der Waals surface area contributed by atoms with Gasteiger partial charge in [-0.05, 0) is 31.2 Å². The van der Waals surface area contributed by atoms with Gasteiger partial charge in [0.2, 0.25) is 0 Å². The minimum Gasteiger partial charge on any atom is -0.357 e. The van der Waals surface area contributed by atoms with Crippen LogP contribution in [0.4, 0.5) is 0 Å². The number of imidazole rings is 1. The van der Waals surface area contributed by atoms with Crippen molar-refractivity contribution in [2.24, 2.45) is 0 Å². The van der Waals surface area contributed by atoms with Gasteiger partial charge in [-0.1, -0.05) is 12.1 Å². The highest BCUT2D eigenvalue weighted by Crippen LogP contribution is 2.15. The van der Waals surface area contributed by atoms with Gasteiger partial charge in [0, 0.05) is 6.20 Å². The van der Waals surface area contributed by atoms with E-state index in [1.807, 2.05) is 31.2 Å². The van der Waals surface area contributed by atoms with E-state index in [-0.39, 0.29) is 11.9 Å². The molecule has 19 heavy (non-hydrogen) atoms. The van der Waals surface area contributed by atoms with E-state index in [9.17, 15) is 4.79 Å². The molecule has 2 heterocycles. The molecule has 2 aromatic heterocycles. The Morgan fingerprint density at radius 1 is 1.26 bits per heavy atom. The van der Waals surface area contributed by atoms with Gasteiger partial charge in [0.25, 0.3) is 5.91 Å². The van der Waals surface area contributed by atoms with Crippen LogP contribution in [0.1, 0.15) is 29.3 Å². The maximum absolute atomic E-state index is 11.9. The van der Waals surface area contributed by atoms with Crippen LogP contribution in [0.5, 0.6) is 0 Å². The van der Waals surface area contributed by atoms with E-state index in [0.29, 0.717) is 5.69 Å². The molecule has 0 aliphatic rings. The van der Waals surface area contributed by atoms with Crippen molar-refractivity contribution in [3.05, 3.63) is 54.1 Å². The number of carbonyl (C=O) groups is 1. The highest BCUT2D eigenvalue weighted by molar-refractivity contribution is 5.92. The number of H-pyrrole nitrogens is 2. The van der Waals surface area contributed by atoms with Crippen LogP contribution in [0.3, 0.4) is 0 Å². The zero-order valence-corrected chi connectivity index (χ0v) is 10.5. The van der Waals surface area contributed by atoms with Crippen molar-refractivity contribution in [2.45, 2.75) is 13.0 Å². The molecule has 5 nitrogen and oxygen atoms in total. The maximum atomic E-state index is 11.9. The molecule has 96 valence electrons. The third-order valence-electron chi connectivity index (χ3n) is 3.01. The molecule has 5 heteroatoms. The highest BCUT2D eigenvalue weighted by Gasteiger charge is 2.14. The second kappa shape index (κ2) is 4.61. The molecule has 0 unspecified atom stereocenters. The topological polar surface area (TPSA) is 73.6 Å². The number of nitrogens with zero attached hydrogens (tertiary/aromatic N) is 1. The molecule has 0 aliphatic carbocycles. The molecule has 0 spiro atoms. The standard InChI is InChI=1S/C14H14N4O/c1-9(16-14(19)12-7-4-8-15-12)13-17-10-5-2-3-6-11(10)18-13/h2-9,15H,1H3,(H,16,19)(H,17,18)/t9-/m0/s1. The molecule has 0 fully saturated rings. The summed E-state index contributed by atoms with van der Waals surface area (Å²) in [6.45, 7) is 1.90. The average Bonchev–Trinajstić information content (AvgIpc) is 3.07. The number of fused-ring (bicyclic) bond motifs is 1. The number of hydrogen-bond donors (Lipinski definition) is 3. The third-order valence-corrected chi connectivity index (χ3v) is 3.01. The van der Waals surface area contributed by atoms with Crippen molar-refractivity contribution in [1.82, 2.24) is 20.3 Å². The lowest BCUT2D eigenvalue weighted by molar-refractivity contribution is 0.0934. The summed E-state index contributed by atoms with van der Waals surface area (Å²) in [6.07, 6.45) is 1.72. The fourth-order valence-electron chi connectivity index (χ4n) is 1.99. The zero-order valence-electron chi connectivity index (χ0n) is 10.5. The van der Waals surface area contributed by atoms with Gasteiger partial charge in [-0.2, -0.15) is 0 Å². The maximum Gasteiger partial charge on any atom is 0.268 e. The molecule has 1 amide bonds. The summed E-state index contributed by atoms with van der Waals surface area (Å²) in [5.41, 5.74) is 2.42. The minimum absolute atomic E-state index is 0.141. The summed E-state index contributed by atoms with van der Waals surface area (Å²) in [5.74, 6) is 0.610. The Kier molecular flexibility index (Phi) is 2.79. The predicted octanol–water partition coefficient (Wildman–Crippen LogP) is 2.38. The Hall–Kier alpha value is -2.56. The fraction of sp³-hybridized carbons (Fsp3) is 0.143. The van der Waals surface area contributed by atoms with Gasteiger partial charge in [-0.15, -0.1) is 0 Å². The summed E-state index contributed by atoms with van der Waals surface area (Å²) >= 11 is 0. The van der Waals surface area contributed by atoms with E-state index < -0.39 is 0 Å². The monoisotopic (exact) mass is 254 g/mol. The molecule has 0 radical (unpaired) electrons. The Labute approximate surface area is 110 Å². The van der Waals surface area contributed by atoms with Crippen LogP contribution < -0.4 is 5.32 Å². The third kappa shape index (κ3) is 2.22. The molecule has 0 saturated carbocycles. The first-order chi connectivity index (χ1) is 9.24. The van der Waals surface area contributed by atoms with Gasteiger partial charge in [-0.3, -0.25) is 4.79 Å². The lowest BCUT2D eigenvalue weighted by Crippen LogP contribution is -2.27. The summed E-state index contributed by atoms with van der Waals surface area (Å²) in [7, 11) is 0. The molecule has 1 aromatic carbocycles. The Morgan fingerprint density at radius 2 is 2.11 bits per heavy atom. The van der Waals surface area contributed by atoms with E-state index in [2.05, 4.69) is 20.3 Å². The van der Waals surface area contributed by atoms with Crippen molar-refractivity contribution in [3.63, 3.8) is 0 Å². The van der Waals surface area contributed by atoms with Gasteiger partial charge in [0.05, 0.1) is 17.1 Å². The molecule has 0 aliphatic heterocycles. The van der Waals surface area contributed by atoms with Crippen LogP contribution in [0.2, 0.25) is 0 Å². The van der Waals surface area contributed by atoms with Gasteiger partial charge >= 0.3 is 0 Å². The number of rotatable bonds is 3. The molecule has 3 aromatic rings. The van der Waals surface area contributed by atoms with E-state index >= 15 is 0 Å². The van der Waals surface area contributed by atoms with Crippen LogP contribution in [0, 0.1) is 0 Å². The van der Waals surface area contributed by atoms with Gasteiger partial charge < -0.3 is 15.3 Å². The largest absolute Gasteiger partial charge is 0.357 e. The van der Waals surface area contributed by atoms with Crippen LogP contribution in [0.15, 0.2) is 42.6 Å². The Balaban J connectivity index is 1.80. The van der Waals surface area contributed by atoms with Crippen LogP contribution in [-0.2, 0) is 0 Å². The van der Waals surface area contributed by atoms with Crippen molar-refractivity contribution in [1.29, 1.82) is 0 Å². The molecule has 0 saturated heterocycles. The summed E-state index contributed by atoms with van der Waals surface area (Å²) < 4.78 is 0. The first-order valence-corrected chi connectivity index (χ1v) is 6.13. The van der Waals surface area contributed by atoms with E-state index in [1.165, 1.54) is 0 Å². The normalized spacial score (nSPS) is 12.5. The first-order valence-electron chi connectivity index (χ1n) is 6.13. The fourth-order valence-corrected chi connectivity index (χ4v) is 1.99. The number of para-hydroxylation sites is 2. The number of carbonyl (C=O) groups excluding carboxylic acids is 1. The van der Waals surface area contributed by atoms with Gasteiger partial charge in [0.15, 0.2) is 0 Å².